The molecule has 9 nitrogen and oxygen atoms in total. The van der Waals surface area contributed by atoms with Crippen LogP contribution < -0.4 is 14.4 Å². The van der Waals surface area contributed by atoms with Crippen molar-refractivity contribution >= 4 is 23.6 Å². The van der Waals surface area contributed by atoms with Crippen LogP contribution in [0, 0.1) is 18.3 Å². The molecule has 5 rings (SSSR count). The highest BCUT2D eigenvalue weighted by Gasteiger charge is 2.20. The number of piperazine rings is 1. The van der Waals surface area contributed by atoms with Crippen LogP contribution in [0.5, 0.6) is 11.6 Å². The van der Waals surface area contributed by atoms with Crippen LogP contribution in [0.4, 0.5) is 11.6 Å². The molecule has 1 fully saturated rings. The highest BCUT2D eigenvalue weighted by atomic mass is 32.2. The van der Waals surface area contributed by atoms with Gasteiger partial charge in [0.05, 0.1) is 16.8 Å². The van der Waals surface area contributed by atoms with Crippen LogP contribution in [-0.2, 0) is 7.05 Å². The standard InChI is InChI=1S/C27H28N8OS/c1-19-7-4-5-10-23(19)25-24(16-28)26(31-27(30-25)32-37-22-17-29-34(3)18-22)36-21-9-6-8-20(15-21)35-13-11-33(2)12-14-35/h4-10,15,17-18H,11-14H2,1-3H3,(H,30,31,32). The van der Waals surface area contributed by atoms with Crippen LogP contribution in [0.2, 0.25) is 0 Å². The van der Waals surface area contributed by atoms with E-state index in [0.29, 0.717) is 17.4 Å². The molecule has 1 aliphatic rings. The van der Waals surface area contributed by atoms with E-state index in [9.17, 15) is 5.26 Å². The van der Waals surface area contributed by atoms with Crippen molar-refractivity contribution in [3.05, 3.63) is 72.1 Å². The maximum atomic E-state index is 10.2. The molecule has 0 bridgehead atoms. The van der Waals surface area contributed by atoms with Gasteiger partial charge in [0.25, 0.3) is 0 Å². The Hall–Kier alpha value is -4.07. The molecule has 1 aliphatic heterocycles. The minimum Gasteiger partial charge on any atom is -0.437 e. The van der Waals surface area contributed by atoms with Crippen molar-refractivity contribution < 1.29 is 4.74 Å². The fraction of sp³-hybridized carbons (Fsp3) is 0.259. The molecule has 37 heavy (non-hydrogen) atoms. The molecule has 0 unspecified atom stereocenters. The number of rotatable bonds is 7. The fourth-order valence-corrected chi connectivity index (χ4v) is 4.78. The first kappa shape index (κ1) is 24.6. The summed E-state index contributed by atoms with van der Waals surface area (Å²) in [5, 5.41) is 14.4. The Morgan fingerprint density at radius 1 is 1.03 bits per heavy atom. The maximum Gasteiger partial charge on any atom is 0.242 e. The third-order valence-corrected chi connectivity index (χ3v) is 6.96. The molecule has 1 N–H and O–H groups in total. The Kier molecular flexibility index (Phi) is 7.25. The second-order valence-electron chi connectivity index (χ2n) is 8.95. The van der Waals surface area contributed by atoms with Crippen LogP contribution in [0.15, 0.2) is 65.8 Å². The van der Waals surface area contributed by atoms with Gasteiger partial charge >= 0.3 is 0 Å². The Morgan fingerprint density at radius 3 is 2.57 bits per heavy atom. The molecule has 0 radical (unpaired) electrons. The largest absolute Gasteiger partial charge is 0.437 e. The summed E-state index contributed by atoms with van der Waals surface area (Å²) in [7, 11) is 4.00. The van der Waals surface area contributed by atoms with Crippen LogP contribution in [0.25, 0.3) is 11.3 Å². The Balaban J connectivity index is 1.50. The zero-order valence-electron chi connectivity index (χ0n) is 21.0. The minimum atomic E-state index is 0.209. The summed E-state index contributed by atoms with van der Waals surface area (Å²) in [6.45, 7) is 5.93. The fourth-order valence-electron chi connectivity index (χ4n) is 4.17. The highest BCUT2D eigenvalue weighted by molar-refractivity contribution is 8.00. The molecule has 0 atom stereocenters. The van der Waals surface area contributed by atoms with Crippen LogP contribution in [0.1, 0.15) is 11.1 Å². The first-order valence-corrected chi connectivity index (χ1v) is 12.8. The molecule has 0 amide bonds. The zero-order chi connectivity index (χ0) is 25.8. The molecule has 1 saturated heterocycles. The third-order valence-electron chi connectivity index (χ3n) is 6.23. The lowest BCUT2D eigenvalue weighted by atomic mass is 10.0. The van der Waals surface area contributed by atoms with E-state index < -0.39 is 0 Å². The number of nitrogens with zero attached hydrogens (tertiary/aromatic N) is 7. The number of benzene rings is 2. The quantitative estimate of drug-likeness (QED) is 0.353. The molecule has 10 heteroatoms. The lowest BCUT2D eigenvalue weighted by Gasteiger charge is -2.34. The Bertz CT molecular complexity index is 1440. The van der Waals surface area contributed by atoms with Gasteiger partial charge in [0, 0.05) is 56.7 Å². The van der Waals surface area contributed by atoms with Crippen molar-refractivity contribution in [2.24, 2.45) is 7.05 Å². The second-order valence-corrected chi connectivity index (χ2v) is 9.83. The lowest BCUT2D eigenvalue weighted by molar-refractivity contribution is 0.312. The van der Waals surface area contributed by atoms with Crippen molar-refractivity contribution in [3.63, 3.8) is 0 Å². The van der Waals surface area contributed by atoms with Gasteiger partial charge in [-0.25, -0.2) is 4.98 Å². The van der Waals surface area contributed by atoms with E-state index in [1.165, 1.54) is 11.9 Å². The van der Waals surface area contributed by atoms with Gasteiger partial charge in [0.15, 0.2) is 0 Å². The van der Waals surface area contributed by atoms with Gasteiger partial charge in [-0.2, -0.15) is 15.3 Å². The normalized spacial score (nSPS) is 13.8. The molecule has 188 valence electrons. The van der Waals surface area contributed by atoms with E-state index in [2.05, 4.69) is 43.8 Å². The van der Waals surface area contributed by atoms with Crippen molar-refractivity contribution in [1.29, 1.82) is 5.26 Å². The van der Waals surface area contributed by atoms with Crippen LogP contribution >= 0.6 is 11.9 Å². The Labute approximate surface area is 220 Å². The van der Waals surface area contributed by atoms with Crippen molar-refractivity contribution in [1.82, 2.24) is 24.6 Å². The maximum absolute atomic E-state index is 10.2. The molecule has 2 aromatic heterocycles. The van der Waals surface area contributed by atoms with Gasteiger partial charge < -0.3 is 14.5 Å². The predicted octanol–water partition coefficient (Wildman–Crippen LogP) is 4.72. The monoisotopic (exact) mass is 512 g/mol. The molecule has 2 aromatic carbocycles. The average Bonchev–Trinajstić information content (AvgIpc) is 3.33. The number of anilines is 2. The first-order chi connectivity index (χ1) is 18.0. The van der Waals surface area contributed by atoms with Crippen molar-refractivity contribution in [2.75, 3.05) is 42.8 Å². The average molecular weight is 513 g/mol. The van der Waals surface area contributed by atoms with E-state index in [1.807, 2.05) is 62.6 Å². The number of ether oxygens (including phenoxy) is 1. The summed E-state index contributed by atoms with van der Waals surface area (Å²) < 4.78 is 11.2. The molecule has 0 aliphatic carbocycles. The molecular weight excluding hydrogens is 484 g/mol. The number of hydrogen-bond acceptors (Lipinski definition) is 9. The molecule has 4 aromatic rings. The number of hydrogen-bond donors (Lipinski definition) is 1. The van der Waals surface area contributed by atoms with Crippen LogP contribution in [-0.4, -0.2) is 57.9 Å². The smallest absolute Gasteiger partial charge is 0.242 e. The summed E-state index contributed by atoms with van der Waals surface area (Å²) in [5.74, 6) is 1.17. The topological polar surface area (TPSA) is 95.1 Å². The van der Waals surface area contributed by atoms with Crippen molar-refractivity contribution in [2.45, 2.75) is 11.8 Å². The SMILES string of the molecule is Cc1ccccc1-c1nc(NSc2cnn(C)c2)nc(Oc2cccc(N3CCN(C)CC3)c2)c1C#N. The zero-order valence-corrected chi connectivity index (χ0v) is 21.9. The summed E-state index contributed by atoms with van der Waals surface area (Å²) in [4.78, 5) is 14.9. The van der Waals surface area contributed by atoms with Crippen molar-refractivity contribution in [3.8, 4) is 29.0 Å². The third kappa shape index (κ3) is 5.69. The number of nitrogens with one attached hydrogen (secondary N) is 1. The van der Waals surface area contributed by atoms with Gasteiger partial charge in [-0.3, -0.25) is 9.40 Å². The second kappa shape index (κ2) is 10.9. The number of likely N-dealkylation sites (N-methyl/N-ethyl adjacent to an activating group) is 1. The van der Waals surface area contributed by atoms with Gasteiger partial charge in [-0.05, 0) is 43.6 Å². The summed E-state index contributed by atoms with van der Waals surface area (Å²) >= 11 is 1.34. The van der Waals surface area contributed by atoms with Gasteiger partial charge in [0.1, 0.15) is 17.4 Å². The summed E-state index contributed by atoms with van der Waals surface area (Å²) in [6, 6.07) is 18.1. The van der Waals surface area contributed by atoms with E-state index in [4.69, 9.17) is 9.72 Å². The van der Waals surface area contributed by atoms with Gasteiger partial charge in [-0.1, -0.05) is 30.3 Å². The Morgan fingerprint density at radius 2 is 1.84 bits per heavy atom. The highest BCUT2D eigenvalue weighted by Crippen LogP contribution is 2.35. The number of aromatic nitrogens is 4. The first-order valence-electron chi connectivity index (χ1n) is 12.0. The summed E-state index contributed by atoms with van der Waals surface area (Å²) in [5.41, 5.74) is 3.76. The minimum absolute atomic E-state index is 0.209. The summed E-state index contributed by atoms with van der Waals surface area (Å²) in [6.07, 6.45) is 3.65. The van der Waals surface area contributed by atoms with E-state index in [-0.39, 0.29) is 11.4 Å². The molecule has 3 heterocycles. The van der Waals surface area contributed by atoms with E-state index in [1.54, 1.807) is 10.9 Å². The van der Waals surface area contributed by atoms with Gasteiger partial charge in [0.2, 0.25) is 11.8 Å². The molecule has 0 saturated carbocycles. The predicted molar refractivity (Wildman–Crippen MR) is 146 cm³/mol. The van der Waals surface area contributed by atoms with E-state index in [0.717, 1.165) is 47.9 Å². The number of nitriles is 1. The van der Waals surface area contributed by atoms with Crippen LogP contribution in [0.3, 0.4) is 0 Å². The molecule has 0 spiro atoms. The lowest BCUT2D eigenvalue weighted by Crippen LogP contribution is -2.44. The molecular formula is C27H28N8OS. The van der Waals surface area contributed by atoms with Gasteiger partial charge in [-0.15, -0.1) is 0 Å². The van der Waals surface area contributed by atoms with E-state index >= 15 is 0 Å². The number of aryl methyl sites for hydroxylation is 2.